The van der Waals surface area contributed by atoms with E-state index in [-0.39, 0.29) is 10.6 Å². The molecule has 52 valence electrons. The molecule has 0 unspecified atom stereocenters. The van der Waals surface area contributed by atoms with Crippen LogP contribution < -0.4 is 4.74 Å². The van der Waals surface area contributed by atoms with E-state index in [1.54, 1.807) is 0 Å². The molecule has 4 heteroatoms. The van der Waals surface area contributed by atoms with Crippen molar-refractivity contribution in [2.75, 3.05) is 7.11 Å². The molecule has 1 heterocycles. The van der Waals surface area contributed by atoms with Crippen molar-refractivity contribution >= 4 is 11.3 Å². The van der Waals surface area contributed by atoms with Gasteiger partial charge in [0.05, 0.1) is 7.11 Å². The van der Waals surface area contributed by atoms with E-state index in [0.29, 0.717) is 5.06 Å². The molecule has 0 saturated carbocycles. The van der Waals surface area contributed by atoms with Gasteiger partial charge in [-0.25, -0.2) is 0 Å². The number of methoxy groups -OCH3 is 1. The third kappa shape index (κ3) is 1.04. The van der Waals surface area contributed by atoms with Gasteiger partial charge in [0.2, 0.25) is 0 Å². The molecule has 0 radical (unpaired) electrons. The third-order valence-electron chi connectivity index (χ3n) is 0.993. The SMILES string of the molecule is COc1cc(O)c(C#N)s1. The topological polar surface area (TPSA) is 53.2 Å². The Morgan fingerprint density at radius 1 is 1.80 bits per heavy atom. The molecule has 1 aromatic heterocycles. The molecule has 0 aromatic carbocycles. The quantitative estimate of drug-likeness (QED) is 0.665. The highest BCUT2D eigenvalue weighted by Crippen LogP contribution is 2.32. The van der Waals surface area contributed by atoms with Crippen LogP contribution in [0.2, 0.25) is 0 Å². The van der Waals surface area contributed by atoms with Crippen molar-refractivity contribution in [3.8, 4) is 16.9 Å². The minimum Gasteiger partial charge on any atom is -0.506 e. The van der Waals surface area contributed by atoms with Crippen LogP contribution in [0.1, 0.15) is 4.88 Å². The van der Waals surface area contributed by atoms with Crippen molar-refractivity contribution in [1.82, 2.24) is 0 Å². The highest BCUT2D eigenvalue weighted by atomic mass is 32.1. The van der Waals surface area contributed by atoms with Gasteiger partial charge in [0.15, 0.2) is 5.06 Å². The van der Waals surface area contributed by atoms with Crippen molar-refractivity contribution in [3.63, 3.8) is 0 Å². The molecule has 1 N–H and O–H groups in total. The molecule has 0 aliphatic rings. The van der Waals surface area contributed by atoms with Crippen molar-refractivity contribution < 1.29 is 9.84 Å². The Labute approximate surface area is 62.1 Å². The van der Waals surface area contributed by atoms with E-state index in [1.165, 1.54) is 13.2 Å². The maximum Gasteiger partial charge on any atom is 0.178 e. The second-order valence-electron chi connectivity index (χ2n) is 1.60. The number of nitriles is 1. The average Bonchev–Trinajstić information content (AvgIpc) is 2.30. The number of thiophene rings is 1. The molecule has 0 aliphatic carbocycles. The van der Waals surface area contributed by atoms with Crippen LogP contribution in [0.15, 0.2) is 6.07 Å². The minimum absolute atomic E-state index is 0.00986. The number of aromatic hydroxyl groups is 1. The molecule has 1 rings (SSSR count). The Kier molecular flexibility index (Phi) is 1.78. The summed E-state index contributed by atoms with van der Waals surface area (Å²) in [6.45, 7) is 0. The third-order valence-corrected chi connectivity index (χ3v) is 1.98. The van der Waals surface area contributed by atoms with Crippen LogP contribution in [0.25, 0.3) is 0 Å². The highest BCUT2D eigenvalue weighted by Gasteiger charge is 2.05. The molecule has 0 saturated heterocycles. The summed E-state index contributed by atoms with van der Waals surface area (Å²) in [5.41, 5.74) is 0. The second-order valence-corrected chi connectivity index (χ2v) is 2.61. The summed E-state index contributed by atoms with van der Waals surface area (Å²) >= 11 is 1.13. The van der Waals surface area contributed by atoms with Crippen LogP contribution in [-0.4, -0.2) is 12.2 Å². The Bertz CT molecular complexity index is 274. The number of nitrogens with zero attached hydrogens (tertiary/aromatic N) is 1. The van der Waals surface area contributed by atoms with Gasteiger partial charge in [0.1, 0.15) is 16.7 Å². The van der Waals surface area contributed by atoms with E-state index in [9.17, 15) is 0 Å². The van der Waals surface area contributed by atoms with E-state index in [1.807, 2.05) is 6.07 Å². The zero-order chi connectivity index (χ0) is 7.56. The Balaban J connectivity index is 3.07. The summed E-state index contributed by atoms with van der Waals surface area (Å²) in [6, 6.07) is 3.26. The van der Waals surface area contributed by atoms with E-state index in [0.717, 1.165) is 11.3 Å². The number of hydrogen-bond donors (Lipinski definition) is 1. The van der Waals surface area contributed by atoms with Gasteiger partial charge in [-0.05, 0) is 0 Å². The van der Waals surface area contributed by atoms with E-state index in [2.05, 4.69) is 0 Å². The van der Waals surface area contributed by atoms with Crippen LogP contribution in [0, 0.1) is 11.3 Å². The maximum atomic E-state index is 8.97. The van der Waals surface area contributed by atoms with Crippen LogP contribution in [0.3, 0.4) is 0 Å². The number of ether oxygens (including phenoxy) is 1. The molecule has 0 fully saturated rings. The Morgan fingerprint density at radius 2 is 2.50 bits per heavy atom. The smallest absolute Gasteiger partial charge is 0.178 e. The fourth-order valence-electron chi connectivity index (χ4n) is 0.540. The zero-order valence-electron chi connectivity index (χ0n) is 5.29. The monoisotopic (exact) mass is 155 g/mol. The minimum atomic E-state index is -0.00986. The van der Waals surface area contributed by atoms with E-state index in [4.69, 9.17) is 15.1 Å². The fraction of sp³-hybridized carbons (Fsp3) is 0.167. The van der Waals surface area contributed by atoms with Gasteiger partial charge in [-0.15, -0.1) is 0 Å². The second kappa shape index (κ2) is 2.58. The van der Waals surface area contributed by atoms with E-state index >= 15 is 0 Å². The Morgan fingerprint density at radius 3 is 2.80 bits per heavy atom. The average molecular weight is 155 g/mol. The van der Waals surface area contributed by atoms with Crippen LogP contribution in [0.5, 0.6) is 10.8 Å². The number of hydrogen-bond acceptors (Lipinski definition) is 4. The molecular weight excluding hydrogens is 150 g/mol. The molecule has 0 amide bonds. The summed E-state index contributed by atoms with van der Waals surface area (Å²) in [5.74, 6) is -0.00986. The van der Waals surface area contributed by atoms with Crippen molar-refractivity contribution in [1.29, 1.82) is 5.26 Å². The van der Waals surface area contributed by atoms with Gasteiger partial charge < -0.3 is 9.84 Å². The van der Waals surface area contributed by atoms with E-state index < -0.39 is 0 Å². The lowest BCUT2D eigenvalue weighted by Crippen LogP contribution is -1.73. The largest absolute Gasteiger partial charge is 0.506 e. The van der Waals surface area contributed by atoms with Gasteiger partial charge in [-0.1, -0.05) is 11.3 Å². The summed E-state index contributed by atoms with van der Waals surface area (Å²) in [5, 5.41) is 17.9. The molecule has 0 aliphatic heterocycles. The first-order valence-corrected chi connectivity index (χ1v) is 3.36. The summed E-state index contributed by atoms with van der Waals surface area (Å²) < 4.78 is 4.78. The first-order valence-electron chi connectivity index (χ1n) is 2.55. The van der Waals surface area contributed by atoms with Crippen molar-refractivity contribution in [2.45, 2.75) is 0 Å². The van der Waals surface area contributed by atoms with Gasteiger partial charge in [-0.3, -0.25) is 0 Å². The normalized spacial score (nSPS) is 8.80. The lowest BCUT2D eigenvalue weighted by atomic mass is 10.4. The van der Waals surface area contributed by atoms with Crippen LogP contribution >= 0.6 is 11.3 Å². The predicted octanol–water partition coefficient (Wildman–Crippen LogP) is 1.33. The fourth-order valence-corrected chi connectivity index (χ4v) is 1.20. The molecule has 0 spiro atoms. The molecule has 1 aromatic rings. The first-order chi connectivity index (χ1) is 4.77. The lowest BCUT2D eigenvalue weighted by molar-refractivity contribution is 0.422. The van der Waals surface area contributed by atoms with Gasteiger partial charge in [-0.2, -0.15) is 5.26 Å². The zero-order valence-corrected chi connectivity index (χ0v) is 6.10. The van der Waals surface area contributed by atoms with Crippen LogP contribution in [-0.2, 0) is 0 Å². The Hall–Kier alpha value is -1.21. The molecular formula is C6H5NO2S. The molecule has 0 bridgehead atoms. The van der Waals surface area contributed by atoms with Gasteiger partial charge in [0.25, 0.3) is 0 Å². The summed E-state index contributed by atoms with van der Waals surface area (Å²) in [6.07, 6.45) is 0. The van der Waals surface area contributed by atoms with Gasteiger partial charge >= 0.3 is 0 Å². The maximum absolute atomic E-state index is 8.97. The van der Waals surface area contributed by atoms with Gasteiger partial charge in [0, 0.05) is 6.07 Å². The highest BCUT2D eigenvalue weighted by molar-refractivity contribution is 7.14. The predicted molar refractivity (Wildman–Crippen MR) is 37.3 cm³/mol. The lowest BCUT2D eigenvalue weighted by Gasteiger charge is -1.86. The van der Waals surface area contributed by atoms with Crippen molar-refractivity contribution in [3.05, 3.63) is 10.9 Å². The standard InChI is InChI=1S/C6H5NO2S/c1-9-6-2-4(8)5(3-7)10-6/h2,8H,1H3. The van der Waals surface area contributed by atoms with Crippen molar-refractivity contribution in [2.24, 2.45) is 0 Å². The molecule has 0 atom stereocenters. The first kappa shape index (κ1) is 6.90. The summed E-state index contributed by atoms with van der Waals surface area (Å²) in [7, 11) is 1.49. The molecule has 3 nitrogen and oxygen atoms in total. The van der Waals surface area contributed by atoms with Crippen LogP contribution in [0.4, 0.5) is 0 Å². The number of rotatable bonds is 1. The molecule has 10 heavy (non-hydrogen) atoms. The summed E-state index contributed by atoms with van der Waals surface area (Å²) in [4.78, 5) is 0.289.